The average molecular weight is 476 g/mol. The van der Waals surface area contributed by atoms with Crippen LogP contribution >= 0.6 is 27.5 Å². The molecule has 0 saturated carbocycles. The summed E-state index contributed by atoms with van der Waals surface area (Å²) in [6.07, 6.45) is -5.48. The van der Waals surface area contributed by atoms with Crippen LogP contribution in [0, 0.1) is 0 Å². The molecule has 0 aliphatic heterocycles. The van der Waals surface area contributed by atoms with Gasteiger partial charge in [0.1, 0.15) is 23.4 Å². The van der Waals surface area contributed by atoms with E-state index in [2.05, 4.69) is 15.9 Å². The molecule has 0 heterocycles. The number of hydrogen-bond acceptors (Lipinski definition) is 4. The number of carbonyl (C=O) groups is 1. The summed E-state index contributed by atoms with van der Waals surface area (Å²) in [6.45, 7) is 1.62. The zero-order valence-corrected chi connectivity index (χ0v) is 18.6. The Bertz CT molecular complexity index is 817. The Hall–Kier alpha value is -0.930. The second-order valence-electron chi connectivity index (χ2n) is 5.17. The van der Waals surface area contributed by atoms with Gasteiger partial charge in [-0.15, -0.1) is 0 Å². The molecular formula is C17H12BrClF3NaO4. The van der Waals surface area contributed by atoms with Gasteiger partial charge in [0.15, 0.2) is 0 Å². The number of hydrogen-bond donors (Lipinski definition) is 0. The Morgan fingerprint density at radius 1 is 1.22 bits per heavy atom. The second-order valence-corrected chi connectivity index (χ2v) is 6.43. The topological polar surface area (TPSA) is 58.6 Å². The predicted molar refractivity (Wildman–Crippen MR) is 90.4 cm³/mol. The smallest absolute Gasteiger partial charge is 0.546 e. The van der Waals surface area contributed by atoms with E-state index in [1.807, 2.05) is 0 Å². The van der Waals surface area contributed by atoms with Crippen molar-refractivity contribution in [2.24, 2.45) is 0 Å². The number of aliphatic carboxylic acids is 1. The van der Waals surface area contributed by atoms with E-state index in [4.69, 9.17) is 21.1 Å². The fourth-order valence-corrected chi connectivity index (χ4v) is 2.53. The number of carbonyl (C=O) groups excluding carboxylic acids is 1. The van der Waals surface area contributed by atoms with Crippen LogP contribution in [0.15, 0.2) is 40.9 Å². The summed E-state index contributed by atoms with van der Waals surface area (Å²) in [5, 5.41) is 10.8. The van der Waals surface area contributed by atoms with Gasteiger partial charge in [0.05, 0.1) is 21.0 Å². The van der Waals surface area contributed by atoms with E-state index in [-0.39, 0.29) is 58.2 Å². The van der Waals surface area contributed by atoms with Crippen LogP contribution in [0.4, 0.5) is 13.2 Å². The van der Waals surface area contributed by atoms with E-state index in [0.29, 0.717) is 4.47 Å². The minimum absolute atomic E-state index is 0. The van der Waals surface area contributed by atoms with Gasteiger partial charge in [-0.05, 0) is 52.7 Å². The van der Waals surface area contributed by atoms with Gasteiger partial charge in [-0.3, -0.25) is 0 Å². The van der Waals surface area contributed by atoms with E-state index in [1.54, 1.807) is 13.0 Å². The summed E-state index contributed by atoms with van der Waals surface area (Å²) in [6, 6.07) is 7.17. The van der Waals surface area contributed by atoms with Crippen LogP contribution in [-0.2, 0) is 11.0 Å². The summed E-state index contributed by atoms with van der Waals surface area (Å²) in [4.78, 5) is 11.0. The number of alkyl halides is 3. The Balaban J connectivity index is 0.00000364. The Morgan fingerprint density at radius 2 is 1.89 bits per heavy atom. The van der Waals surface area contributed by atoms with Gasteiger partial charge in [0, 0.05) is 6.07 Å². The van der Waals surface area contributed by atoms with Crippen molar-refractivity contribution in [1.82, 2.24) is 0 Å². The maximum atomic E-state index is 12.7. The van der Waals surface area contributed by atoms with Gasteiger partial charge in [0.2, 0.25) is 0 Å². The molecule has 0 N–H and O–H groups in total. The number of halogens is 5. The molecule has 10 heteroatoms. The number of carboxylic acids is 1. The SMILES string of the molecule is CCC(Oc1cc(Oc2ccc(C(F)(F)F)cc2Cl)ccc1Br)C(=O)[O-].[Na+]. The zero-order chi connectivity index (χ0) is 19.5. The average Bonchev–Trinajstić information content (AvgIpc) is 2.55. The Labute approximate surface area is 189 Å². The normalized spacial score (nSPS) is 12.1. The number of carboxylic acid groups (broad SMARTS) is 1. The molecule has 0 radical (unpaired) electrons. The minimum Gasteiger partial charge on any atom is -0.546 e. The van der Waals surface area contributed by atoms with Crippen molar-refractivity contribution in [3.05, 3.63) is 51.5 Å². The number of ether oxygens (including phenoxy) is 2. The van der Waals surface area contributed by atoms with Crippen LogP contribution in [-0.4, -0.2) is 12.1 Å². The summed E-state index contributed by atoms with van der Waals surface area (Å²) in [7, 11) is 0. The van der Waals surface area contributed by atoms with Crippen molar-refractivity contribution >= 4 is 33.5 Å². The number of rotatable bonds is 6. The van der Waals surface area contributed by atoms with E-state index in [0.717, 1.165) is 18.2 Å². The van der Waals surface area contributed by atoms with Crippen molar-refractivity contribution < 1.29 is 62.1 Å². The molecule has 140 valence electrons. The molecule has 27 heavy (non-hydrogen) atoms. The van der Waals surface area contributed by atoms with Crippen molar-refractivity contribution in [3.8, 4) is 17.2 Å². The molecule has 0 spiro atoms. The van der Waals surface area contributed by atoms with Crippen molar-refractivity contribution in [1.29, 1.82) is 0 Å². The molecule has 4 nitrogen and oxygen atoms in total. The van der Waals surface area contributed by atoms with Gasteiger partial charge >= 0.3 is 35.7 Å². The minimum atomic E-state index is -4.51. The van der Waals surface area contributed by atoms with Crippen LogP contribution in [0.3, 0.4) is 0 Å². The van der Waals surface area contributed by atoms with Crippen molar-refractivity contribution in [3.63, 3.8) is 0 Å². The first-order valence-electron chi connectivity index (χ1n) is 7.33. The van der Waals surface area contributed by atoms with E-state index < -0.39 is 23.8 Å². The molecule has 0 fully saturated rings. The third-order valence-corrected chi connectivity index (χ3v) is 4.24. The van der Waals surface area contributed by atoms with Gasteiger partial charge in [-0.25, -0.2) is 0 Å². The molecule has 1 unspecified atom stereocenters. The van der Waals surface area contributed by atoms with Gasteiger partial charge in [0.25, 0.3) is 0 Å². The Morgan fingerprint density at radius 3 is 2.41 bits per heavy atom. The molecule has 1 atom stereocenters. The third kappa shape index (κ3) is 6.57. The van der Waals surface area contributed by atoms with E-state index in [9.17, 15) is 23.1 Å². The molecule has 0 saturated heterocycles. The molecule has 2 aromatic rings. The van der Waals surface area contributed by atoms with Crippen LogP contribution in [0.5, 0.6) is 17.2 Å². The molecule has 0 amide bonds. The first-order valence-corrected chi connectivity index (χ1v) is 8.50. The largest absolute Gasteiger partial charge is 1.00 e. The second kappa shape index (κ2) is 10.0. The Kier molecular flexibility index (Phi) is 8.95. The zero-order valence-electron chi connectivity index (χ0n) is 14.3. The van der Waals surface area contributed by atoms with Gasteiger partial charge in [-0.2, -0.15) is 13.2 Å². The standard InChI is InChI=1S/C17H13BrClF3O4.Na/c1-2-13(16(23)24)26-15-8-10(4-5-11(15)18)25-14-6-3-9(7-12(14)19)17(20,21)22;/h3-8,13H,2H2,1H3,(H,23,24);/q;+1/p-1. The predicted octanol–water partition coefficient (Wildman–Crippen LogP) is 1.82. The maximum Gasteiger partial charge on any atom is 1.00 e. The summed E-state index contributed by atoms with van der Waals surface area (Å²) in [5.74, 6) is -0.962. The molecule has 0 aliphatic rings. The third-order valence-electron chi connectivity index (χ3n) is 3.29. The first kappa shape index (κ1) is 24.1. The van der Waals surface area contributed by atoms with Crippen LogP contribution in [0.1, 0.15) is 18.9 Å². The van der Waals surface area contributed by atoms with E-state index >= 15 is 0 Å². The molecule has 0 bridgehead atoms. The molecule has 0 aliphatic carbocycles. The van der Waals surface area contributed by atoms with Crippen molar-refractivity contribution in [2.45, 2.75) is 25.6 Å². The summed E-state index contributed by atoms with van der Waals surface area (Å²) >= 11 is 9.08. The summed E-state index contributed by atoms with van der Waals surface area (Å²) in [5.41, 5.74) is -0.894. The van der Waals surface area contributed by atoms with Crippen LogP contribution in [0.2, 0.25) is 5.02 Å². The fraction of sp³-hybridized carbons (Fsp3) is 0.235. The first-order chi connectivity index (χ1) is 12.1. The van der Waals surface area contributed by atoms with Crippen LogP contribution < -0.4 is 44.1 Å². The monoisotopic (exact) mass is 474 g/mol. The maximum absolute atomic E-state index is 12.7. The fourth-order valence-electron chi connectivity index (χ4n) is 1.98. The molecule has 2 aromatic carbocycles. The number of benzene rings is 2. The molecule has 2 rings (SSSR count). The van der Waals surface area contributed by atoms with E-state index in [1.165, 1.54) is 12.1 Å². The summed E-state index contributed by atoms with van der Waals surface area (Å²) < 4.78 is 49.3. The molecular weight excluding hydrogens is 464 g/mol. The quantitative estimate of drug-likeness (QED) is 0.598. The van der Waals surface area contributed by atoms with Crippen LogP contribution in [0.25, 0.3) is 0 Å². The van der Waals surface area contributed by atoms with Crippen molar-refractivity contribution in [2.75, 3.05) is 0 Å². The van der Waals surface area contributed by atoms with Gasteiger partial charge < -0.3 is 19.4 Å². The molecule has 0 aromatic heterocycles. The van der Waals surface area contributed by atoms with Gasteiger partial charge in [-0.1, -0.05) is 18.5 Å².